The second-order valence-electron chi connectivity index (χ2n) is 10.1. The Balaban J connectivity index is 2.09. The zero-order valence-corrected chi connectivity index (χ0v) is 26.7. The van der Waals surface area contributed by atoms with E-state index in [2.05, 4.69) is 5.32 Å². The molecule has 2 amide bonds. The first-order valence-electron chi connectivity index (χ1n) is 14.2. The molecule has 0 aromatic heterocycles. The highest BCUT2D eigenvalue weighted by Gasteiger charge is 2.34. The Morgan fingerprint density at radius 1 is 1.05 bits per heavy atom. The van der Waals surface area contributed by atoms with E-state index in [1.165, 1.54) is 43.2 Å². The number of anilines is 1. The minimum Gasteiger partial charge on any atom is -0.497 e. The average Bonchev–Trinajstić information content (AvgIpc) is 3.00. The van der Waals surface area contributed by atoms with Crippen LogP contribution in [0.4, 0.5) is 11.4 Å². The summed E-state index contributed by atoms with van der Waals surface area (Å²) in [4.78, 5) is 39.4. The fourth-order valence-corrected chi connectivity index (χ4v) is 6.12. The van der Waals surface area contributed by atoms with Crippen LogP contribution in [0.1, 0.15) is 44.2 Å². The zero-order chi connectivity index (χ0) is 32.4. The first kappa shape index (κ1) is 34.3. The molecule has 0 saturated heterocycles. The van der Waals surface area contributed by atoms with Crippen LogP contribution in [0.15, 0.2) is 71.6 Å². The number of aryl methyl sites for hydroxylation is 1. The van der Waals surface area contributed by atoms with Gasteiger partial charge in [-0.3, -0.25) is 24.0 Å². The maximum Gasteiger partial charge on any atom is 0.273 e. The Kier molecular flexibility index (Phi) is 12.1. The van der Waals surface area contributed by atoms with E-state index in [0.29, 0.717) is 22.9 Å². The van der Waals surface area contributed by atoms with Crippen molar-refractivity contribution in [2.75, 3.05) is 24.5 Å². The van der Waals surface area contributed by atoms with Gasteiger partial charge in [0.15, 0.2) is 0 Å². The Morgan fingerprint density at radius 3 is 2.27 bits per heavy atom. The monoisotopic (exact) mass is 644 g/mol. The minimum absolute atomic E-state index is 0.0161. The molecule has 0 fully saturated rings. The number of methoxy groups -OCH3 is 1. The van der Waals surface area contributed by atoms with Gasteiger partial charge in [0.1, 0.15) is 18.3 Å². The van der Waals surface area contributed by atoms with Crippen LogP contribution >= 0.6 is 11.6 Å². The van der Waals surface area contributed by atoms with E-state index in [9.17, 15) is 28.1 Å². The van der Waals surface area contributed by atoms with Gasteiger partial charge in [-0.1, -0.05) is 50.1 Å². The van der Waals surface area contributed by atoms with Gasteiger partial charge < -0.3 is 15.0 Å². The quantitative estimate of drug-likeness (QED) is 0.131. The lowest BCUT2D eigenvalue weighted by atomic mass is 10.1. The van der Waals surface area contributed by atoms with Crippen molar-refractivity contribution in [3.63, 3.8) is 0 Å². The van der Waals surface area contributed by atoms with Gasteiger partial charge in [0.05, 0.1) is 22.6 Å². The lowest BCUT2D eigenvalue weighted by Gasteiger charge is -2.33. The highest BCUT2D eigenvalue weighted by Crippen LogP contribution is 2.29. The third-order valence-corrected chi connectivity index (χ3v) is 9.11. The Morgan fingerprint density at radius 2 is 1.70 bits per heavy atom. The number of amides is 2. The molecule has 0 bridgehead atoms. The SMILES string of the molecule is CCCCNC(=O)[C@@H](CC)N(Cc1ccc(Cl)cc1)C(=O)CN(c1ccc(OC)cc1)S(=O)(=O)c1ccc(C)c([N+](=O)[O-])c1. The van der Waals surface area contributed by atoms with Crippen molar-refractivity contribution < 1.29 is 27.7 Å². The third-order valence-electron chi connectivity index (χ3n) is 7.09. The molecule has 44 heavy (non-hydrogen) atoms. The number of nitro groups is 1. The van der Waals surface area contributed by atoms with Gasteiger partial charge >= 0.3 is 0 Å². The summed E-state index contributed by atoms with van der Waals surface area (Å²) in [6.45, 7) is 5.05. The molecule has 3 aromatic rings. The standard InChI is InChI=1S/C31H37ClN4O7S/c1-5-7-18-33-31(38)28(6-2)34(20-23-9-11-24(32)12-10-23)30(37)21-35(25-13-15-26(43-4)16-14-25)44(41,42)27-17-8-22(3)29(19-27)36(39)40/h8-17,19,28H,5-7,18,20-21H2,1-4H3,(H,33,38)/t28-/m1/s1. The van der Waals surface area contributed by atoms with E-state index in [-0.39, 0.29) is 40.7 Å². The van der Waals surface area contributed by atoms with E-state index >= 15 is 0 Å². The van der Waals surface area contributed by atoms with Crippen molar-refractivity contribution in [3.8, 4) is 5.75 Å². The maximum absolute atomic E-state index is 14.1. The summed E-state index contributed by atoms with van der Waals surface area (Å²) < 4.78 is 34.3. The van der Waals surface area contributed by atoms with Crippen molar-refractivity contribution in [1.29, 1.82) is 0 Å². The summed E-state index contributed by atoms with van der Waals surface area (Å²) in [5, 5.41) is 15.0. The predicted octanol–water partition coefficient (Wildman–Crippen LogP) is 5.48. The van der Waals surface area contributed by atoms with Crippen molar-refractivity contribution in [3.05, 3.63) is 93.0 Å². The molecule has 0 aliphatic carbocycles. The van der Waals surface area contributed by atoms with Gasteiger partial charge in [0, 0.05) is 29.7 Å². The summed E-state index contributed by atoms with van der Waals surface area (Å²) in [5.74, 6) is -0.530. The molecule has 3 rings (SSSR count). The highest BCUT2D eigenvalue weighted by atomic mass is 35.5. The van der Waals surface area contributed by atoms with Crippen LogP contribution in [0.25, 0.3) is 0 Å². The van der Waals surface area contributed by atoms with Crippen molar-refractivity contribution >= 4 is 44.8 Å². The number of ether oxygens (including phenoxy) is 1. The molecule has 1 N–H and O–H groups in total. The molecule has 0 aliphatic heterocycles. The number of rotatable bonds is 15. The summed E-state index contributed by atoms with van der Waals surface area (Å²) in [5.41, 5.74) is 0.742. The van der Waals surface area contributed by atoms with Crippen molar-refractivity contribution in [2.24, 2.45) is 0 Å². The molecular weight excluding hydrogens is 608 g/mol. The Bertz CT molecular complexity index is 1560. The van der Waals surface area contributed by atoms with E-state index < -0.39 is 33.4 Å². The number of unbranched alkanes of at least 4 members (excludes halogenated alkanes) is 1. The zero-order valence-electron chi connectivity index (χ0n) is 25.2. The number of carbonyl (C=O) groups excluding carboxylic acids is 2. The van der Waals surface area contributed by atoms with Crippen LogP contribution in [0.5, 0.6) is 5.75 Å². The van der Waals surface area contributed by atoms with E-state index in [1.54, 1.807) is 43.3 Å². The molecule has 3 aromatic carbocycles. The van der Waals surface area contributed by atoms with Crippen LogP contribution in [-0.2, 0) is 26.2 Å². The van der Waals surface area contributed by atoms with Crippen LogP contribution in [0.3, 0.4) is 0 Å². The topological polar surface area (TPSA) is 139 Å². The number of benzene rings is 3. The van der Waals surface area contributed by atoms with E-state index in [0.717, 1.165) is 23.2 Å². The molecule has 0 unspecified atom stereocenters. The normalized spacial score (nSPS) is 11.8. The van der Waals surface area contributed by atoms with Gasteiger partial charge in [-0.05, 0) is 67.8 Å². The Labute approximate surface area is 263 Å². The number of carbonyl (C=O) groups is 2. The second kappa shape index (κ2) is 15.5. The molecule has 1 atom stereocenters. The van der Waals surface area contributed by atoms with Gasteiger partial charge in [-0.2, -0.15) is 0 Å². The van der Waals surface area contributed by atoms with E-state index in [1.807, 2.05) is 6.92 Å². The first-order valence-corrected chi connectivity index (χ1v) is 16.0. The van der Waals surface area contributed by atoms with Gasteiger partial charge in [-0.25, -0.2) is 8.42 Å². The number of nitrogens with zero attached hydrogens (tertiary/aromatic N) is 3. The van der Waals surface area contributed by atoms with Gasteiger partial charge in [0.2, 0.25) is 11.8 Å². The fraction of sp³-hybridized carbons (Fsp3) is 0.355. The summed E-state index contributed by atoms with van der Waals surface area (Å²) in [7, 11) is -3.04. The average molecular weight is 645 g/mol. The molecule has 11 nitrogen and oxygen atoms in total. The van der Waals surface area contributed by atoms with Crippen LogP contribution < -0.4 is 14.4 Å². The van der Waals surface area contributed by atoms with Gasteiger partial charge in [-0.15, -0.1) is 0 Å². The first-order chi connectivity index (χ1) is 20.9. The van der Waals surface area contributed by atoms with Crippen LogP contribution in [0.2, 0.25) is 5.02 Å². The van der Waals surface area contributed by atoms with Crippen molar-refractivity contribution in [2.45, 2.75) is 57.5 Å². The smallest absolute Gasteiger partial charge is 0.273 e. The molecule has 0 aliphatic rings. The minimum atomic E-state index is -4.50. The summed E-state index contributed by atoms with van der Waals surface area (Å²) >= 11 is 6.06. The molecule has 0 saturated carbocycles. The predicted molar refractivity (Wildman–Crippen MR) is 169 cm³/mol. The number of sulfonamides is 1. The fourth-order valence-electron chi connectivity index (χ4n) is 4.56. The van der Waals surface area contributed by atoms with Crippen LogP contribution in [-0.4, -0.2) is 56.3 Å². The highest BCUT2D eigenvalue weighted by molar-refractivity contribution is 7.92. The number of hydrogen-bond acceptors (Lipinski definition) is 7. The lowest BCUT2D eigenvalue weighted by Crippen LogP contribution is -2.52. The number of nitro benzene ring substituents is 1. The largest absolute Gasteiger partial charge is 0.497 e. The second-order valence-corrected chi connectivity index (χ2v) is 12.4. The number of hydrogen-bond donors (Lipinski definition) is 1. The lowest BCUT2D eigenvalue weighted by molar-refractivity contribution is -0.385. The van der Waals surface area contributed by atoms with E-state index in [4.69, 9.17) is 16.3 Å². The molecular formula is C31H37ClN4O7S. The molecule has 236 valence electrons. The molecule has 0 heterocycles. The summed E-state index contributed by atoms with van der Waals surface area (Å²) in [6.07, 6.45) is 1.91. The van der Waals surface area contributed by atoms with Crippen LogP contribution in [0, 0.1) is 17.0 Å². The maximum atomic E-state index is 14.1. The number of nitrogens with one attached hydrogen (secondary N) is 1. The van der Waals surface area contributed by atoms with Crippen molar-refractivity contribution in [1.82, 2.24) is 10.2 Å². The third kappa shape index (κ3) is 8.48. The van der Waals surface area contributed by atoms with Gasteiger partial charge in [0.25, 0.3) is 15.7 Å². The Hall–Kier alpha value is -4.16. The molecule has 13 heteroatoms. The summed E-state index contributed by atoms with van der Waals surface area (Å²) in [6, 6.07) is 15.5. The number of halogens is 1. The molecule has 0 spiro atoms. The molecule has 0 radical (unpaired) electrons.